The summed E-state index contributed by atoms with van der Waals surface area (Å²) < 4.78 is 0. The highest BCUT2D eigenvalue weighted by atomic mass is 16.2. The SMILES string of the molecule is O=C(NCCCCCC(=O)N1CCCCC1)NC1CCCCC1. The number of amides is 3. The average molecular weight is 323 g/mol. The van der Waals surface area contributed by atoms with Crippen LogP contribution in [-0.4, -0.2) is 42.5 Å². The molecule has 5 heteroatoms. The molecule has 1 aliphatic heterocycles. The fourth-order valence-electron chi connectivity index (χ4n) is 3.56. The van der Waals surface area contributed by atoms with Gasteiger partial charge in [-0.25, -0.2) is 4.79 Å². The van der Waals surface area contributed by atoms with Gasteiger partial charge in [0, 0.05) is 32.1 Å². The van der Waals surface area contributed by atoms with Crippen LogP contribution in [0.5, 0.6) is 0 Å². The number of urea groups is 1. The number of hydrogen-bond acceptors (Lipinski definition) is 2. The van der Waals surface area contributed by atoms with E-state index in [0.717, 1.165) is 58.0 Å². The van der Waals surface area contributed by atoms with Crippen LogP contribution in [0.3, 0.4) is 0 Å². The van der Waals surface area contributed by atoms with E-state index in [-0.39, 0.29) is 6.03 Å². The topological polar surface area (TPSA) is 61.4 Å². The molecule has 0 aromatic rings. The summed E-state index contributed by atoms with van der Waals surface area (Å²) in [5.74, 6) is 0.313. The number of likely N-dealkylation sites (tertiary alicyclic amines) is 1. The molecule has 1 heterocycles. The van der Waals surface area contributed by atoms with Crippen LogP contribution in [0.25, 0.3) is 0 Å². The van der Waals surface area contributed by atoms with Crippen molar-refractivity contribution in [2.75, 3.05) is 19.6 Å². The Morgan fingerprint density at radius 3 is 2.30 bits per heavy atom. The Hall–Kier alpha value is -1.26. The van der Waals surface area contributed by atoms with Gasteiger partial charge in [-0.1, -0.05) is 25.7 Å². The monoisotopic (exact) mass is 323 g/mol. The number of piperidine rings is 1. The molecule has 3 amide bonds. The molecule has 2 fully saturated rings. The Morgan fingerprint density at radius 2 is 1.57 bits per heavy atom. The van der Waals surface area contributed by atoms with E-state index in [1.165, 1.54) is 25.7 Å². The Labute approximate surface area is 140 Å². The molecule has 2 aliphatic rings. The minimum atomic E-state index is -0.0266. The zero-order valence-corrected chi connectivity index (χ0v) is 14.4. The van der Waals surface area contributed by atoms with Gasteiger partial charge in [0.2, 0.25) is 5.91 Å². The molecule has 1 saturated carbocycles. The maximum absolute atomic E-state index is 12.0. The number of rotatable bonds is 7. The van der Waals surface area contributed by atoms with E-state index in [4.69, 9.17) is 0 Å². The number of nitrogens with zero attached hydrogens (tertiary/aromatic N) is 1. The highest BCUT2D eigenvalue weighted by Crippen LogP contribution is 2.17. The van der Waals surface area contributed by atoms with Gasteiger partial charge in [-0.15, -0.1) is 0 Å². The number of hydrogen-bond donors (Lipinski definition) is 2. The summed E-state index contributed by atoms with van der Waals surface area (Å²) in [6.45, 7) is 2.60. The molecule has 0 aromatic heterocycles. The zero-order valence-electron chi connectivity index (χ0n) is 14.4. The van der Waals surface area contributed by atoms with Gasteiger partial charge in [-0.3, -0.25) is 4.79 Å². The molecule has 0 atom stereocenters. The van der Waals surface area contributed by atoms with E-state index in [0.29, 0.717) is 24.9 Å². The third-order valence-corrected chi connectivity index (χ3v) is 5.00. The quantitative estimate of drug-likeness (QED) is 0.707. The number of carbonyl (C=O) groups is 2. The maximum Gasteiger partial charge on any atom is 0.315 e. The van der Waals surface area contributed by atoms with Crippen molar-refractivity contribution in [2.24, 2.45) is 0 Å². The van der Waals surface area contributed by atoms with Crippen molar-refractivity contribution in [2.45, 2.75) is 83.1 Å². The summed E-state index contributed by atoms with van der Waals surface area (Å²) in [5, 5.41) is 6.00. The molecule has 5 nitrogen and oxygen atoms in total. The Bertz CT molecular complexity index is 361. The normalized spacial score (nSPS) is 19.4. The first-order valence-corrected chi connectivity index (χ1v) is 9.58. The molecule has 0 aromatic carbocycles. The first-order chi connectivity index (χ1) is 11.3. The van der Waals surface area contributed by atoms with Crippen molar-refractivity contribution in [1.29, 1.82) is 0 Å². The molecular formula is C18H33N3O2. The van der Waals surface area contributed by atoms with E-state index in [1.807, 2.05) is 4.90 Å². The minimum Gasteiger partial charge on any atom is -0.343 e. The minimum absolute atomic E-state index is 0.0266. The van der Waals surface area contributed by atoms with E-state index in [1.54, 1.807) is 0 Å². The van der Waals surface area contributed by atoms with Crippen LogP contribution in [0.2, 0.25) is 0 Å². The number of unbranched alkanes of at least 4 members (excludes halogenated alkanes) is 2. The van der Waals surface area contributed by atoms with Crippen molar-refractivity contribution >= 4 is 11.9 Å². The van der Waals surface area contributed by atoms with Crippen molar-refractivity contribution in [3.63, 3.8) is 0 Å². The lowest BCUT2D eigenvalue weighted by molar-refractivity contribution is -0.132. The predicted molar refractivity (Wildman–Crippen MR) is 92.3 cm³/mol. The molecule has 0 bridgehead atoms. The molecular weight excluding hydrogens is 290 g/mol. The van der Waals surface area contributed by atoms with Crippen molar-refractivity contribution in [3.05, 3.63) is 0 Å². The van der Waals surface area contributed by atoms with Crippen LogP contribution in [0.1, 0.15) is 77.0 Å². The molecule has 132 valence electrons. The number of carbonyl (C=O) groups excluding carboxylic acids is 2. The second-order valence-electron chi connectivity index (χ2n) is 6.99. The standard InChI is InChI=1S/C18H33N3O2/c22-17(21-14-8-3-9-15-21)12-6-2-7-13-19-18(23)20-16-10-4-1-5-11-16/h16H,1-15H2,(H2,19,20,23). The predicted octanol–water partition coefficient (Wildman–Crippen LogP) is 3.19. The first-order valence-electron chi connectivity index (χ1n) is 9.58. The summed E-state index contributed by atoms with van der Waals surface area (Å²) in [7, 11) is 0. The molecule has 1 saturated heterocycles. The molecule has 0 radical (unpaired) electrons. The van der Waals surface area contributed by atoms with Crippen LogP contribution in [0, 0.1) is 0 Å². The Kier molecular flexibility index (Phi) is 8.26. The summed E-state index contributed by atoms with van der Waals surface area (Å²) in [6, 6.07) is 0.340. The molecule has 1 aliphatic carbocycles. The van der Waals surface area contributed by atoms with Crippen LogP contribution in [0.15, 0.2) is 0 Å². The first kappa shape index (κ1) is 18.1. The van der Waals surface area contributed by atoms with Crippen LogP contribution in [0.4, 0.5) is 4.79 Å². The second kappa shape index (κ2) is 10.5. The Morgan fingerprint density at radius 1 is 0.870 bits per heavy atom. The number of nitrogens with one attached hydrogen (secondary N) is 2. The van der Waals surface area contributed by atoms with Crippen LogP contribution in [-0.2, 0) is 4.79 Å². The summed E-state index contributed by atoms with van der Waals surface area (Å²) in [4.78, 5) is 25.8. The lowest BCUT2D eigenvalue weighted by Crippen LogP contribution is -2.43. The smallest absolute Gasteiger partial charge is 0.315 e. The van der Waals surface area contributed by atoms with Gasteiger partial charge in [0.15, 0.2) is 0 Å². The lowest BCUT2D eigenvalue weighted by atomic mass is 9.96. The zero-order chi connectivity index (χ0) is 16.3. The van der Waals surface area contributed by atoms with Crippen molar-refractivity contribution in [3.8, 4) is 0 Å². The van der Waals surface area contributed by atoms with Crippen LogP contribution < -0.4 is 10.6 Å². The fraction of sp³-hybridized carbons (Fsp3) is 0.889. The van der Waals surface area contributed by atoms with Gasteiger partial charge in [0.05, 0.1) is 0 Å². The van der Waals surface area contributed by atoms with Gasteiger partial charge in [-0.2, -0.15) is 0 Å². The van der Waals surface area contributed by atoms with E-state index in [9.17, 15) is 9.59 Å². The lowest BCUT2D eigenvalue weighted by Gasteiger charge is -2.26. The average Bonchev–Trinajstić information content (AvgIpc) is 2.59. The Balaban J connectivity index is 1.44. The van der Waals surface area contributed by atoms with Crippen molar-refractivity contribution < 1.29 is 9.59 Å². The van der Waals surface area contributed by atoms with Gasteiger partial charge in [-0.05, 0) is 44.9 Å². The highest BCUT2D eigenvalue weighted by Gasteiger charge is 2.16. The second-order valence-corrected chi connectivity index (χ2v) is 6.99. The third kappa shape index (κ3) is 7.23. The summed E-state index contributed by atoms with van der Waals surface area (Å²) >= 11 is 0. The largest absolute Gasteiger partial charge is 0.343 e. The molecule has 23 heavy (non-hydrogen) atoms. The highest BCUT2D eigenvalue weighted by molar-refractivity contribution is 5.76. The third-order valence-electron chi connectivity index (χ3n) is 5.00. The van der Waals surface area contributed by atoms with E-state index < -0.39 is 0 Å². The molecule has 0 unspecified atom stereocenters. The van der Waals surface area contributed by atoms with Gasteiger partial charge < -0.3 is 15.5 Å². The fourth-order valence-corrected chi connectivity index (χ4v) is 3.56. The van der Waals surface area contributed by atoms with E-state index in [2.05, 4.69) is 10.6 Å². The van der Waals surface area contributed by atoms with Gasteiger partial charge >= 0.3 is 6.03 Å². The maximum atomic E-state index is 12.0. The molecule has 0 spiro atoms. The van der Waals surface area contributed by atoms with Gasteiger partial charge in [0.25, 0.3) is 0 Å². The molecule has 2 N–H and O–H groups in total. The van der Waals surface area contributed by atoms with Crippen molar-refractivity contribution in [1.82, 2.24) is 15.5 Å². The molecule has 2 rings (SSSR count). The van der Waals surface area contributed by atoms with Gasteiger partial charge in [0.1, 0.15) is 0 Å². The van der Waals surface area contributed by atoms with E-state index >= 15 is 0 Å². The summed E-state index contributed by atoms with van der Waals surface area (Å²) in [6.07, 6.45) is 13.1. The summed E-state index contributed by atoms with van der Waals surface area (Å²) in [5.41, 5.74) is 0. The van der Waals surface area contributed by atoms with Crippen LogP contribution >= 0.6 is 0 Å².